The molecule has 3 N–H and O–H groups in total. The van der Waals surface area contributed by atoms with Crippen LogP contribution in [-0.4, -0.2) is 38.8 Å². The normalized spacial score (nSPS) is 11.2. The van der Waals surface area contributed by atoms with Crippen LogP contribution in [0.3, 0.4) is 0 Å². The standard InChI is InChI=1S/C10H13ClN2O4S/c1-12-18(16,17)5-4-13-10(15)8-6-7(11)2-3-9(8)14/h2-3,6,12,14H,4-5H2,1H3,(H,13,15). The van der Waals surface area contributed by atoms with Gasteiger partial charge in [-0.15, -0.1) is 0 Å². The van der Waals surface area contributed by atoms with E-state index in [1.54, 1.807) is 0 Å². The van der Waals surface area contributed by atoms with Crippen LogP contribution in [0.1, 0.15) is 10.4 Å². The fourth-order valence-electron chi connectivity index (χ4n) is 1.19. The molecule has 0 unspecified atom stereocenters. The minimum absolute atomic E-state index is 0.00403. The number of halogens is 1. The summed E-state index contributed by atoms with van der Waals surface area (Å²) in [5.74, 6) is -1.04. The molecule has 0 aliphatic carbocycles. The van der Waals surface area contributed by atoms with Gasteiger partial charge in [0.25, 0.3) is 5.91 Å². The summed E-state index contributed by atoms with van der Waals surface area (Å²) in [6, 6.07) is 4.04. The van der Waals surface area contributed by atoms with E-state index in [-0.39, 0.29) is 23.6 Å². The molecule has 0 radical (unpaired) electrons. The Morgan fingerprint density at radius 2 is 2.11 bits per heavy atom. The maximum atomic E-state index is 11.6. The number of carbonyl (C=O) groups excluding carboxylic acids is 1. The minimum Gasteiger partial charge on any atom is -0.507 e. The molecule has 0 heterocycles. The third kappa shape index (κ3) is 4.17. The van der Waals surface area contributed by atoms with E-state index in [2.05, 4.69) is 10.0 Å². The second kappa shape index (κ2) is 6.03. The molecule has 0 bridgehead atoms. The number of carbonyl (C=O) groups is 1. The topological polar surface area (TPSA) is 95.5 Å². The first-order valence-corrected chi connectivity index (χ1v) is 7.06. The molecular weight excluding hydrogens is 280 g/mol. The van der Waals surface area contributed by atoms with E-state index >= 15 is 0 Å². The Balaban J connectivity index is 2.64. The van der Waals surface area contributed by atoms with Crippen molar-refractivity contribution in [1.82, 2.24) is 10.0 Å². The maximum absolute atomic E-state index is 11.6. The van der Waals surface area contributed by atoms with Crippen LogP contribution in [0.25, 0.3) is 0 Å². The zero-order valence-electron chi connectivity index (χ0n) is 9.60. The van der Waals surface area contributed by atoms with Gasteiger partial charge in [-0.1, -0.05) is 11.6 Å². The van der Waals surface area contributed by atoms with Gasteiger partial charge < -0.3 is 10.4 Å². The zero-order chi connectivity index (χ0) is 13.8. The molecule has 0 aromatic heterocycles. The van der Waals surface area contributed by atoms with Crippen molar-refractivity contribution >= 4 is 27.5 Å². The van der Waals surface area contributed by atoms with E-state index in [1.807, 2.05) is 0 Å². The number of rotatable bonds is 5. The lowest BCUT2D eigenvalue weighted by atomic mass is 10.2. The van der Waals surface area contributed by atoms with Gasteiger partial charge in [0.05, 0.1) is 11.3 Å². The smallest absolute Gasteiger partial charge is 0.255 e. The van der Waals surface area contributed by atoms with Gasteiger partial charge in [0.1, 0.15) is 5.75 Å². The lowest BCUT2D eigenvalue weighted by Gasteiger charge is -2.07. The zero-order valence-corrected chi connectivity index (χ0v) is 11.2. The first-order valence-electron chi connectivity index (χ1n) is 5.03. The maximum Gasteiger partial charge on any atom is 0.255 e. The summed E-state index contributed by atoms with van der Waals surface area (Å²) in [6.45, 7) is -0.0615. The monoisotopic (exact) mass is 292 g/mol. The van der Waals surface area contributed by atoms with Crippen molar-refractivity contribution in [2.24, 2.45) is 0 Å². The predicted octanol–water partition coefficient (Wildman–Crippen LogP) is 0.325. The Labute approximate surface area is 110 Å². The number of phenolic OH excluding ortho intramolecular Hbond substituents is 1. The number of sulfonamides is 1. The summed E-state index contributed by atoms with van der Waals surface area (Å²) < 4.78 is 24.3. The van der Waals surface area contributed by atoms with Crippen LogP contribution < -0.4 is 10.0 Å². The summed E-state index contributed by atoms with van der Waals surface area (Å²) in [5, 5.41) is 12.1. The van der Waals surface area contributed by atoms with Crippen molar-refractivity contribution in [3.63, 3.8) is 0 Å². The van der Waals surface area contributed by atoms with E-state index in [0.29, 0.717) is 5.02 Å². The Hall–Kier alpha value is -1.31. The number of amides is 1. The minimum atomic E-state index is -3.37. The molecule has 0 atom stereocenters. The van der Waals surface area contributed by atoms with Crippen molar-refractivity contribution in [3.8, 4) is 5.75 Å². The fraction of sp³-hybridized carbons (Fsp3) is 0.300. The number of nitrogens with one attached hydrogen (secondary N) is 2. The van der Waals surface area contributed by atoms with Gasteiger partial charge in [-0.25, -0.2) is 13.1 Å². The lowest BCUT2D eigenvalue weighted by molar-refractivity contribution is 0.0953. The van der Waals surface area contributed by atoms with Gasteiger partial charge in [-0.3, -0.25) is 4.79 Å². The van der Waals surface area contributed by atoms with E-state index in [1.165, 1.54) is 25.2 Å². The largest absolute Gasteiger partial charge is 0.507 e. The molecule has 0 saturated carbocycles. The van der Waals surface area contributed by atoms with Gasteiger partial charge in [-0.05, 0) is 25.2 Å². The van der Waals surface area contributed by atoms with Crippen LogP contribution in [0.15, 0.2) is 18.2 Å². The highest BCUT2D eigenvalue weighted by Gasteiger charge is 2.13. The van der Waals surface area contributed by atoms with Crippen LogP contribution in [0.4, 0.5) is 0 Å². The van der Waals surface area contributed by atoms with E-state index in [4.69, 9.17) is 11.6 Å². The molecule has 0 saturated heterocycles. The summed E-state index contributed by atoms with van der Waals surface area (Å²) in [6.07, 6.45) is 0. The number of hydrogen-bond donors (Lipinski definition) is 3. The van der Waals surface area contributed by atoms with Crippen molar-refractivity contribution in [2.75, 3.05) is 19.3 Å². The molecule has 0 aliphatic rings. The van der Waals surface area contributed by atoms with Crippen LogP contribution in [-0.2, 0) is 10.0 Å². The van der Waals surface area contributed by atoms with Crippen LogP contribution in [0.2, 0.25) is 5.02 Å². The molecule has 1 aromatic rings. The number of benzene rings is 1. The quantitative estimate of drug-likeness (QED) is 0.728. The highest BCUT2D eigenvalue weighted by atomic mass is 35.5. The second-order valence-electron chi connectivity index (χ2n) is 3.44. The fourth-order valence-corrected chi connectivity index (χ4v) is 1.93. The highest BCUT2D eigenvalue weighted by Crippen LogP contribution is 2.21. The first-order chi connectivity index (χ1) is 8.35. The summed E-state index contributed by atoms with van der Waals surface area (Å²) >= 11 is 5.69. The van der Waals surface area contributed by atoms with Crippen LogP contribution in [0.5, 0.6) is 5.75 Å². The summed E-state index contributed by atoms with van der Waals surface area (Å²) in [4.78, 5) is 11.6. The molecule has 18 heavy (non-hydrogen) atoms. The van der Waals surface area contributed by atoms with Crippen molar-refractivity contribution < 1.29 is 18.3 Å². The first kappa shape index (κ1) is 14.7. The number of hydrogen-bond acceptors (Lipinski definition) is 4. The molecule has 8 heteroatoms. The molecular formula is C10H13ClN2O4S. The molecule has 0 fully saturated rings. The molecule has 100 valence electrons. The van der Waals surface area contributed by atoms with E-state index in [9.17, 15) is 18.3 Å². The van der Waals surface area contributed by atoms with Gasteiger partial charge in [-0.2, -0.15) is 0 Å². The van der Waals surface area contributed by atoms with Crippen molar-refractivity contribution in [2.45, 2.75) is 0 Å². The van der Waals surface area contributed by atoms with E-state index < -0.39 is 15.9 Å². The molecule has 1 amide bonds. The predicted molar refractivity (Wildman–Crippen MR) is 68.3 cm³/mol. The Morgan fingerprint density at radius 3 is 2.72 bits per heavy atom. The van der Waals surface area contributed by atoms with Crippen molar-refractivity contribution in [1.29, 1.82) is 0 Å². The van der Waals surface area contributed by atoms with Gasteiger partial charge >= 0.3 is 0 Å². The SMILES string of the molecule is CNS(=O)(=O)CCNC(=O)c1cc(Cl)ccc1O. The second-order valence-corrected chi connectivity index (χ2v) is 5.92. The van der Waals surface area contributed by atoms with Gasteiger partial charge in [0.2, 0.25) is 10.0 Å². The van der Waals surface area contributed by atoms with E-state index in [0.717, 1.165) is 0 Å². The highest BCUT2D eigenvalue weighted by molar-refractivity contribution is 7.89. The Bertz CT molecular complexity index is 545. The third-order valence-corrected chi connectivity index (χ3v) is 3.77. The van der Waals surface area contributed by atoms with Crippen molar-refractivity contribution in [3.05, 3.63) is 28.8 Å². The lowest BCUT2D eigenvalue weighted by Crippen LogP contribution is -2.32. The molecule has 0 aliphatic heterocycles. The summed E-state index contributed by atoms with van der Waals surface area (Å²) in [5.41, 5.74) is 0.00403. The average Bonchev–Trinajstić information content (AvgIpc) is 2.32. The Kier molecular flexibility index (Phi) is 4.94. The molecule has 0 spiro atoms. The summed E-state index contributed by atoms with van der Waals surface area (Å²) in [7, 11) is -2.08. The molecule has 1 aromatic carbocycles. The van der Waals surface area contributed by atoms with Crippen LogP contribution >= 0.6 is 11.6 Å². The third-order valence-electron chi connectivity index (χ3n) is 2.17. The van der Waals surface area contributed by atoms with Crippen LogP contribution in [0, 0.1) is 0 Å². The number of phenols is 1. The van der Waals surface area contributed by atoms with Gasteiger partial charge in [0.15, 0.2) is 0 Å². The van der Waals surface area contributed by atoms with Gasteiger partial charge in [0, 0.05) is 11.6 Å². The average molecular weight is 293 g/mol. The molecule has 1 rings (SSSR count). The molecule has 6 nitrogen and oxygen atoms in total. The Morgan fingerprint density at radius 1 is 1.44 bits per heavy atom. The number of aromatic hydroxyl groups is 1.